The molecular weight excluding hydrogens is 154 g/mol. The Morgan fingerprint density at radius 1 is 1.42 bits per heavy atom. The first-order valence-electron chi connectivity index (χ1n) is 4.50. The van der Waals surface area contributed by atoms with Gasteiger partial charge in [-0.05, 0) is 19.8 Å². The molecule has 0 aromatic carbocycles. The van der Waals surface area contributed by atoms with E-state index in [1.807, 2.05) is 13.8 Å². The topological polar surface area (TPSA) is 52.3 Å². The molecule has 1 unspecified atom stereocenters. The van der Waals surface area contributed by atoms with Crippen LogP contribution < -0.4 is 5.73 Å². The number of nitrogens with two attached hydrogens (primary N) is 1. The average Bonchev–Trinajstić information content (AvgIpc) is 2.01. The van der Waals surface area contributed by atoms with E-state index in [-0.39, 0.29) is 5.91 Å². The van der Waals surface area contributed by atoms with Crippen molar-refractivity contribution in [2.75, 3.05) is 6.61 Å². The van der Waals surface area contributed by atoms with Gasteiger partial charge in [-0.2, -0.15) is 0 Å². The standard InChI is InChI=1S/C9H19NO2/c1-4-6-9(3,8(10)11)12-7-5-2/h4-7H2,1-3H3,(H2,10,11). The molecule has 0 spiro atoms. The van der Waals surface area contributed by atoms with E-state index in [4.69, 9.17) is 10.5 Å². The quantitative estimate of drug-likeness (QED) is 0.661. The van der Waals surface area contributed by atoms with E-state index in [2.05, 4.69) is 0 Å². The second-order valence-electron chi connectivity index (χ2n) is 3.19. The van der Waals surface area contributed by atoms with Crippen molar-refractivity contribution in [2.45, 2.75) is 45.6 Å². The van der Waals surface area contributed by atoms with Gasteiger partial charge in [0.05, 0.1) is 0 Å². The van der Waals surface area contributed by atoms with Crippen LogP contribution in [0.15, 0.2) is 0 Å². The Hall–Kier alpha value is -0.570. The summed E-state index contributed by atoms with van der Waals surface area (Å²) in [5.74, 6) is -0.363. The molecule has 0 aliphatic rings. The summed E-state index contributed by atoms with van der Waals surface area (Å²) in [6.07, 6.45) is 2.51. The third-order valence-electron chi connectivity index (χ3n) is 1.87. The molecule has 1 amide bonds. The number of hydrogen-bond acceptors (Lipinski definition) is 2. The highest BCUT2D eigenvalue weighted by Crippen LogP contribution is 2.17. The molecule has 0 aromatic heterocycles. The Labute approximate surface area is 74.3 Å². The monoisotopic (exact) mass is 173 g/mol. The van der Waals surface area contributed by atoms with E-state index in [9.17, 15) is 4.79 Å². The maximum absolute atomic E-state index is 11.0. The van der Waals surface area contributed by atoms with E-state index in [0.29, 0.717) is 13.0 Å². The number of carbonyl (C=O) groups is 1. The smallest absolute Gasteiger partial charge is 0.249 e. The van der Waals surface area contributed by atoms with E-state index in [0.717, 1.165) is 12.8 Å². The van der Waals surface area contributed by atoms with E-state index < -0.39 is 5.60 Å². The lowest BCUT2D eigenvalue weighted by Gasteiger charge is -2.25. The van der Waals surface area contributed by atoms with Gasteiger partial charge in [0.2, 0.25) is 5.91 Å². The first kappa shape index (κ1) is 11.4. The molecule has 0 radical (unpaired) electrons. The molecule has 72 valence electrons. The van der Waals surface area contributed by atoms with Gasteiger partial charge in [0.1, 0.15) is 5.60 Å². The molecule has 2 N–H and O–H groups in total. The first-order valence-corrected chi connectivity index (χ1v) is 4.50. The van der Waals surface area contributed by atoms with Gasteiger partial charge >= 0.3 is 0 Å². The van der Waals surface area contributed by atoms with Crippen LogP contribution in [0.4, 0.5) is 0 Å². The van der Waals surface area contributed by atoms with E-state index in [1.165, 1.54) is 0 Å². The molecule has 0 fully saturated rings. The molecule has 0 aromatic rings. The molecule has 0 heterocycles. The van der Waals surface area contributed by atoms with Crippen molar-refractivity contribution in [3.05, 3.63) is 0 Å². The van der Waals surface area contributed by atoms with Crippen molar-refractivity contribution >= 4 is 5.91 Å². The summed E-state index contributed by atoms with van der Waals surface area (Å²) in [5, 5.41) is 0. The van der Waals surface area contributed by atoms with Crippen LogP contribution in [0, 0.1) is 0 Å². The van der Waals surface area contributed by atoms with E-state index in [1.54, 1.807) is 6.92 Å². The van der Waals surface area contributed by atoms with E-state index >= 15 is 0 Å². The van der Waals surface area contributed by atoms with Crippen molar-refractivity contribution in [2.24, 2.45) is 5.73 Å². The molecule has 0 bridgehead atoms. The summed E-state index contributed by atoms with van der Waals surface area (Å²) in [7, 11) is 0. The zero-order valence-electron chi connectivity index (χ0n) is 8.22. The number of hydrogen-bond donors (Lipinski definition) is 1. The number of rotatable bonds is 6. The zero-order valence-corrected chi connectivity index (χ0v) is 8.22. The third-order valence-corrected chi connectivity index (χ3v) is 1.87. The second kappa shape index (κ2) is 5.14. The average molecular weight is 173 g/mol. The summed E-state index contributed by atoms with van der Waals surface area (Å²) in [5.41, 5.74) is 4.47. The minimum absolute atomic E-state index is 0.363. The maximum atomic E-state index is 11.0. The van der Waals surface area contributed by atoms with Crippen LogP contribution in [0.2, 0.25) is 0 Å². The fourth-order valence-electron chi connectivity index (χ4n) is 1.07. The Morgan fingerprint density at radius 3 is 2.33 bits per heavy atom. The number of amides is 1. The summed E-state index contributed by atoms with van der Waals surface area (Å²) in [6, 6.07) is 0. The highest BCUT2D eigenvalue weighted by molar-refractivity contribution is 5.82. The van der Waals surface area contributed by atoms with Gasteiger partial charge in [-0.1, -0.05) is 20.3 Å². The SMILES string of the molecule is CCCOC(C)(CCC)C(N)=O. The molecule has 0 rings (SSSR count). The largest absolute Gasteiger partial charge is 0.367 e. The van der Waals surface area contributed by atoms with Crippen molar-refractivity contribution in [1.82, 2.24) is 0 Å². The fourth-order valence-corrected chi connectivity index (χ4v) is 1.07. The lowest BCUT2D eigenvalue weighted by molar-refractivity contribution is -0.142. The van der Waals surface area contributed by atoms with Crippen LogP contribution in [0.5, 0.6) is 0 Å². The lowest BCUT2D eigenvalue weighted by atomic mass is 10.00. The fraction of sp³-hybridized carbons (Fsp3) is 0.889. The molecule has 0 saturated heterocycles. The minimum Gasteiger partial charge on any atom is -0.367 e. The molecular formula is C9H19NO2. The number of carbonyl (C=O) groups excluding carboxylic acids is 1. The normalized spacial score (nSPS) is 15.6. The van der Waals surface area contributed by atoms with Crippen LogP contribution in [-0.4, -0.2) is 18.1 Å². The second-order valence-corrected chi connectivity index (χ2v) is 3.19. The third kappa shape index (κ3) is 3.22. The Balaban J connectivity index is 4.08. The number of primary amides is 1. The molecule has 3 heteroatoms. The predicted octanol–water partition coefficient (Wildman–Crippen LogP) is 1.46. The van der Waals surface area contributed by atoms with Crippen LogP contribution in [0.1, 0.15) is 40.0 Å². The van der Waals surface area contributed by atoms with Gasteiger partial charge in [-0.3, -0.25) is 4.79 Å². The Kier molecular flexibility index (Phi) is 4.90. The van der Waals surface area contributed by atoms with Gasteiger partial charge in [-0.25, -0.2) is 0 Å². The highest BCUT2D eigenvalue weighted by atomic mass is 16.5. The minimum atomic E-state index is -0.759. The van der Waals surface area contributed by atoms with Gasteiger partial charge < -0.3 is 10.5 Å². The summed E-state index contributed by atoms with van der Waals surface area (Å²) < 4.78 is 5.41. The molecule has 1 atom stereocenters. The highest BCUT2D eigenvalue weighted by Gasteiger charge is 2.30. The summed E-state index contributed by atoms with van der Waals surface area (Å²) >= 11 is 0. The first-order chi connectivity index (χ1) is 5.56. The van der Waals surface area contributed by atoms with Crippen LogP contribution in [0.25, 0.3) is 0 Å². The lowest BCUT2D eigenvalue weighted by Crippen LogP contribution is -2.43. The Morgan fingerprint density at radius 2 is 2.00 bits per heavy atom. The van der Waals surface area contributed by atoms with Crippen LogP contribution in [0.3, 0.4) is 0 Å². The van der Waals surface area contributed by atoms with Gasteiger partial charge in [0.25, 0.3) is 0 Å². The predicted molar refractivity (Wildman–Crippen MR) is 48.8 cm³/mol. The number of ether oxygens (including phenoxy) is 1. The zero-order chi connectivity index (χ0) is 9.61. The summed E-state index contributed by atoms with van der Waals surface area (Å²) in [6.45, 7) is 6.37. The molecule has 12 heavy (non-hydrogen) atoms. The summed E-state index contributed by atoms with van der Waals surface area (Å²) in [4.78, 5) is 11.0. The van der Waals surface area contributed by atoms with Crippen LogP contribution in [-0.2, 0) is 9.53 Å². The Bertz CT molecular complexity index is 147. The van der Waals surface area contributed by atoms with Gasteiger partial charge in [0.15, 0.2) is 0 Å². The van der Waals surface area contributed by atoms with Crippen molar-refractivity contribution in [3.63, 3.8) is 0 Å². The molecule has 0 aliphatic heterocycles. The maximum Gasteiger partial charge on any atom is 0.249 e. The van der Waals surface area contributed by atoms with Crippen molar-refractivity contribution in [3.8, 4) is 0 Å². The molecule has 3 nitrogen and oxygen atoms in total. The van der Waals surface area contributed by atoms with Crippen molar-refractivity contribution in [1.29, 1.82) is 0 Å². The van der Waals surface area contributed by atoms with Gasteiger partial charge in [0, 0.05) is 6.61 Å². The van der Waals surface area contributed by atoms with Crippen molar-refractivity contribution < 1.29 is 9.53 Å². The van der Waals surface area contributed by atoms with Crippen LogP contribution >= 0.6 is 0 Å². The van der Waals surface area contributed by atoms with Gasteiger partial charge in [-0.15, -0.1) is 0 Å². The molecule has 0 aliphatic carbocycles. The molecule has 0 saturated carbocycles.